The topological polar surface area (TPSA) is 72.6 Å². The van der Waals surface area contributed by atoms with Crippen molar-refractivity contribution < 1.29 is 9.63 Å². The van der Waals surface area contributed by atoms with E-state index in [0.717, 1.165) is 0 Å². The van der Waals surface area contributed by atoms with Gasteiger partial charge in [0.15, 0.2) is 5.84 Å². The fourth-order valence-corrected chi connectivity index (χ4v) is 1.24. The van der Waals surface area contributed by atoms with Crippen LogP contribution < -0.4 is 0 Å². The Morgan fingerprint density at radius 2 is 2.17 bits per heavy atom. The van der Waals surface area contributed by atoms with E-state index in [-0.39, 0.29) is 5.41 Å². The first kappa shape index (κ1) is 14.5. The molecule has 0 radical (unpaired) electrons. The van der Waals surface area contributed by atoms with E-state index >= 15 is 0 Å². The minimum absolute atomic E-state index is 0.327. The highest BCUT2D eigenvalue weighted by molar-refractivity contribution is 7.96. The van der Waals surface area contributed by atoms with Crippen LogP contribution in [0.2, 0.25) is 0 Å². The number of oxime groups is 1. The van der Waals surface area contributed by atoms with Crippen LogP contribution in [0.3, 0.4) is 0 Å². The van der Waals surface area contributed by atoms with Crippen LogP contribution in [0.4, 0.5) is 4.79 Å². The molecular formula is C10H17N5O2S. The summed E-state index contributed by atoms with van der Waals surface area (Å²) in [5, 5.41) is 7.87. The van der Waals surface area contributed by atoms with Crippen molar-refractivity contribution in [3.8, 4) is 0 Å². The first-order chi connectivity index (χ1) is 8.36. The lowest BCUT2D eigenvalue weighted by atomic mass is 9.95. The molecule has 0 fully saturated rings. The largest absolute Gasteiger partial charge is 0.445 e. The van der Waals surface area contributed by atoms with Gasteiger partial charge in [0, 0.05) is 18.7 Å². The molecule has 1 amide bonds. The predicted octanol–water partition coefficient (Wildman–Crippen LogP) is 1.83. The molecule has 0 N–H and O–H groups in total. The lowest BCUT2D eigenvalue weighted by Crippen LogP contribution is -2.30. The molecule has 0 atom stereocenters. The quantitative estimate of drug-likeness (QED) is 0.270. The fourth-order valence-electron chi connectivity index (χ4n) is 1.05. The zero-order valence-corrected chi connectivity index (χ0v) is 11.9. The van der Waals surface area contributed by atoms with Gasteiger partial charge in [0.25, 0.3) is 0 Å². The van der Waals surface area contributed by atoms with E-state index in [0.29, 0.717) is 5.84 Å². The fraction of sp³-hybridized carbons (Fsp3) is 0.600. The molecule has 0 aromatic carbocycles. The van der Waals surface area contributed by atoms with Crippen LogP contribution in [-0.2, 0) is 4.84 Å². The first-order valence-corrected chi connectivity index (χ1v) is 6.46. The van der Waals surface area contributed by atoms with Gasteiger partial charge in [-0.15, -0.1) is 0 Å². The number of hydrogen-bond acceptors (Lipinski definition) is 6. The lowest BCUT2D eigenvalue weighted by molar-refractivity contribution is 0.135. The molecule has 100 valence electrons. The average Bonchev–Trinajstić information content (AvgIpc) is 2.79. The molecule has 0 bridgehead atoms. The van der Waals surface area contributed by atoms with Crippen LogP contribution in [0, 0.1) is 5.41 Å². The van der Waals surface area contributed by atoms with Crippen molar-refractivity contribution >= 4 is 23.9 Å². The van der Waals surface area contributed by atoms with Gasteiger partial charge >= 0.3 is 6.09 Å². The van der Waals surface area contributed by atoms with Crippen LogP contribution in [0.5, 0.6) is 0 Å². The molecule has 8 heteroatoms. The summed E-state index contributed by atoms with van der Waals surface area (Å²) < 4.78 is 2.82. The third-order valence-corrected chi connectivity index (χ3v) is 2.74. The van der Waals surface area contributed by atoms with Gasteiger partial charge in [-0.1, -0.05) is 25.9 Å². The van der Waals surface area contributed by atoms with Crippen molar-refractivity contribution in [2.45, 2.75) is 20.8 Å². The maximum Gasteiger partial charge on any atom is 0.445 e. The Morgan fingerprint density at radius 1 is 1.50 bits per heavy atom. The first-order valence-electron chi connectivity index (χ1n) is 5.28. The van der Waals surface area contributed by atoms with Crippen LogP contribution in [0.15, 0.2) is 17.8 Å². The predicted molar refractivity (Wildman–Crippen MR) is 70.1 cm³/mol. The lowest BCUT2D eigenvalue weighted by Gasteiger charge is -2.20. The highest BCUT2D eigenvalue weighted by Gasteiger charge is 2.23. The third kappa shape index (κ3) is 3.73. The summed E-state index contributed by atoms with van der Waals surface area (Å²) in [7, 11) is 1.61. The Labute approximate surface area is 110 Å². The second-order valence-electron chi connectivity index (χ2n) is 4.54. The average molecular weight is 271 g/mol. The van der Waals surface area contributed by atoms with E-state index in [1.54, 1.807) is 13.3 Å². The van der Waals surface area contributed by atoms with Gasteiger partial charge < -0.3 is 0 Å². The van der Waals surface area contributed by atoms with Crippen LogP contribution in [0.1, 0.15) is 20.8 Å². The summed E-state index contributed by atoms with van der Waals surface area (Å²) in [6.45, 7) is 5.83. The van der Waals surface area contributed by atoms with E-state index in [1.807, 2.05) is 20.8 Å². The van der Waals surface area contributed by atoms with Crippen molar-refractivity contribution in [1.82, 2.24) is 19.1 Å². The molecule has 1 aromatic heterocycles. The molecule has 0 saturated heterocycles. The molecule has 7 nitrogen and oxygen atoms in total. The van der Waals surface area contributed by atoms with Crippen molar-refractivity contribution in [3.05, 3.63) is 12.7 Å². The normalized spacial score (nSPS) is 12.4. The molecule has 0 saturated carbocycles. The molecule has 18 heavy (non-hydrogen) atoms. The van der Waals surface area contributed by atoms with Crippen molar-refractivity contribution in [2.24, 2.45) is 10.6 Å². The van der Waals surface area contributed by atoms with Gasteiger partial charge in [-0.05, 0) is 11.9 Å². The van der Waals surface area contributed by atoms with Crippen molar-refractivity contribution in [3.63, 3.8) is 0 Å². The molecule has 0 aliphatic heterocycles. The Bertz CT molecular complexity index is 424. The van der Waals surface area contributed by atoms with E-state index in [4.69, 9.17) is 4.84 Å². The van der Waals surface area contributed by atoms with Gasteiger partial charge in [0.2, 0.25) is 0 Å². The molecule has 0 unspecified atom stereocenters. The van der Waals surface area contributed by atoms with E-state index in [1.165, 1.54) is 33.6 Å². The maximum absolute atomic E-state index is 11.5. The van der Waals surface area contributed by atoms with Crippen LogP contribution in [-0.4, -0.2) is 44.3 Å². The molecule has 1 rings (SSSR count). The minimum Gasteiger partial charge on any atom is -0.295 e. The molecule has 1 heterocycles. The SMILES string of the molecule is CSN(C)C(=O)ON=C(n1cncn1)C(C)(C)C. The number of amides is 1. The highest BCUT2D eigenvalue weighted by Crippen LogP contribution is 2.17. The second kappa shape index (κ2) is 5.85. The van der Waals surface area contributed by atoms with Gasteiger partial charge in [-0.25, -0.2) is 14.5 Å². The van der Waals surface area contributed by atoms with E-state index in [9.17, 15) is 4.79 Å². The molecule has 0 spiro atoms. The van der Waals surface area contributed by atoms with Gasteiger partial charge in [-0.2, -0.15) is 5.10 Å². The zero-order chi connectivity index (χ0) is 13.8. The summed E-state index contributed by atoms with van der Waals surface area (Å²) in [6, 6.07) is 0. The summed E-state index contributed by atoms with van der Waals surface area (Å²) in [4.78, 5) is 20.2. The minimum atomic E-state index is -0.538. The summed E-state index contributed by atoms with van der Waals surface area (Å²) in [5.41, 5.74) is -0.327. The molecule has 1 aromatic rings. The number of rotatable bonds is 2. The second-order valence-corrected chi connectivity index (χ2v) is 5.46. The standard InChI is InChI=1S/C10H17N5O2S/c1-10(2,3)8(15-7-11-6-12-15)13-17-9(16)14(4)18-5/h6-7H,1-5H3. The van der Waals surface area contributed by atoms with Gasteiger partial charge in [-0.3, -0.25) is 9.14 Å². The Hall–Kier alpha value is -1.57. The monoisotopic (exact) mass is 271 g/mol. The number of carbonyl (C=O) groups excluding carboxylic acids is 1. The summed E-state index contributed by atoms with van der Waals surface area (Å²) in [5.74, 6) is 0.503. The Balaban J connectivity index is 2.89. The number of nitrogens with zero attached hydrogens (tertiary/aromatic N) is 5. The van der Waals surface area contributed by atoms with Crippen LogP contribution in [0.25, 0.3) is 0 Å². The Morgan fingerprint density at radius 3 is 2.61 bits per heavy atom. The summed E-state index contributed by atoms with van der Waals surface area (Å²) in [6.07, 6.45) is 4.14. The highest BCUT2D eigenvalue weighted by atomic mass is 32.2. The number of aromatic nitrogens is 3. The van der Waals surface area contributed by atoms with Crippen molar-refractivity contribution in [1.29, 1.82) is 0 Å². The van der Waals surface area contributed by atoms with Gasteiger partial charge in [0.05, 0.1) is 0 Å². The zero-order valence-electron chi connectivity index (χ0n) is 11.1. The van der Waals surface area contributed by atoms with E-state index < -0.39 is 6.09 Å². The summed E-state index contributed by atoms with van der Waals surface area (Å²) >= 11 is 1.24. The van der Waals surface area contributed by atoms with Gasteiger partial charge in [0.1, 0.15) is 12.7 Å². The third-order valence-electron chi connectivity index (χ3n) is 2.05. The van der Waals surface area contributed by atoms with E-state index in [2.05, 4.69) is 15.2 Å². The molecular weight excluding hydrogens is 254 g/mol. The number of carbonyl (C=O) groups is 1. The van der Waals surface area contributed by atoms with Crippen molar-refractivity contribution in [2.75, 3.05) is 13.3 Å². The smallest absolute Gasteiger partial charge is 0.295 e. The molecule has 0 aliphatic carbocycles. The van der Waals surface area contributed by atoms with Crippen LogP contribution >= 0.6 is 11.9 Å². The molecule has 0 aliphatic rings. The maximum atomic E-state index is 11.5. The Kier molecular flexibility index (Phi) is 4.71. The number of hydrogen-bond donors (Lipinski definition) is 0.